The van der Waals surface area contributed by atoms with Crippen LogP contribution >= 0.6 is 23.2 Å². The SMILES string of the molecule is CS(=O)(=O)N(c1cccc(C(=O)NCC(N)=O)c1)C1CN(C(c2ccc(Cl)cc2)c2ccc(Cl)cc2)C1. The summed E-state index contributed by atoms with van der Waals surface area (Å²) in [6.07, 6.45) is 1.14. The van der Waals surface area contributed by atoms with Gasteiger partial charge in [0.2, 0.25) is 15.9 Å². The number of primary amides is 1. The van der Waals surface area contributed by atoms with Crippen LogP contribution in [0.15, 0.2) is 72.8 Å². The number of hydrogen-bond acceptors (Lipinski definition) is 5. The third-order valence-electron chi connectivity index (χ3n) is 6.10. The van der Waals surface area contributed by atoms with Gasteiger partial charge in [0.25, 0.3) is 5.91 Å². The number of halogens is 2. The summed E-state index contributed by atoms with van der Waals surface area (Å²) in [5.41, 5.74) is 7.73. The predicted molar refractivity (Wildman–Crippen MR) is 145 cm³/mol. The van der Waals surface area contributed by atoms with Gasteiger partial charge in [-0.25, -0.2) is 8.42 Å². The number of anilines is 1. The van der Waals surface area contributed by atoms with Crippen LogP contribution in [0.1, 0.15) is 27.5 Å². The van der Waals surface area contributed by atoms with Crippen LogP contribution in [0, 0.1) is 0 Å². The molecule has 1 fully saturated rings. The van der Waals surface area contributed by atoms with Gasteiger partial charge in [-0.2, -0.15) is 0 Å². The van der Waals surface area contributed by atoms with Crippen molar-refractivity contribution in [3.05, 3.63) is 99.5 Å². The van der Waals surface area contributed by atoms with Crippen molar-refractivity contribution in [2.75, 3.05) is 30.2 Å². The summed E-state index contributed by atoms with van der Waals surface area (Å²) in [4.78, 5) is 25.6. The number of hydrogen-bond donors (Lipinski definition) is 2. The van der Waals surface area contributed by atoms with E-state index < -0.39 is 21.8 Å². The molecule has 0 aliphatic carbocycles. The lowest BCUT2D eigenvalue weighted by molar-refractivity contribution is -0.117. The van der Waals surface area contributed by atoms with Crippen molar-refractivity contribution in [2.45, 2.75) is 12.1 Å². The molecule has 0 bridgehead atoms. The van der Waals surface area contributed by atoms with E-state index in [9.17, 15) is 18.0 Å². The molecule has 0 aromatic heterocycles. The molecule has 0 unspecified atom stereocenters. The first-order valence-electron chi connectivity index (χ1n) is 11.4. The molecule has 0 atom stereocenters. The molecule has 37 heavy (non-hydrogen) atoms. The second-order valence-electron chi connectivity index (χ2n) is 8.87. The van der Waals surface area contributed by atoms with Gasteiger partial charge >= 0.3 is 0 Å². The van der Waals surface area contributed by atoms with E-state index >= 15 is 0 Å². The molecule has 4 rings (SSSR count). The number of benzene rings is 3. The van der Waals surface area contributed by atoms with Crippen LogP contribution in [0.4, 0.5) is 5.69 Å². The van der Waals surface area contributed by atoms with Crippen molar-refractivity contribution < 1.29 is 18.0 Å². The molecule has 8 nitrogen and oxygen atoms in total. The van der Waals surface area contributed by atoms with Crippen LogP contribution in [-0.4, -0.2) is 57.1 Å². The maximum atomic E-state index is 12.9. The van der Waals surface area contributed by atoms with E-state index in [0.717, 1.165) is 17.4 Å². The molecule has 0 saturated carbocycles. The maximum absolute atomic E-state index is 12.9. The van der Waals surface area contributed by atoms with Gasteiger partial charge in [0.15, 0.2) is 0 Å². The quantitative estimate of drug-likeness (QED) is 0.416. The van der Waals surface area contributed by atoms with Crippen LogP contribution in [0.25, 0.3) is 0 Å². The molecule has 3 aromatic rings. The molecule has 0 spiro atoms. The van der Waals surface area contributed by atoms with Gasteiger partial charge in [0.1, 0.15) is 0 Å². The number of nitrogens with two attached hydrogens (primary N) is 1. The molecular formula is C26H26Cl2N4O4S. The highest BCUT2D eigenvalue weighted by atomic mass is 35.5. The Morgan fingerprint density at radius 2 is 1.54 bits per heavy atom. The van der Waals surface area contributed by atoms with Crippen LogP contribution in [0.3, 0.4) is 0 Å². The van der Waals surface area contributed by atoms with Crippen molar-refractivity contribution in [3.63, 3.8) is 0 Å². The zero-order chi connectivity index (χ0) is 26.7. The molecule has 11 heteroatoms. The molecule has 1 aliphatic heterocycles. The number of carbonyl (C=O) groups excluding carboxylic acids is 2. The summed E-state index contributed by atoms with van der Waals surface area (Å²) in [7, 11) is -3.67. The highest BCUT2D eigenvalue weighted by Gasteiger charge is 2.40. The van der Waals surface area contributed by atoms with E-state index in [1.807, 2.05) is 48.5 Å². The zero-order valence-corrected chi connectivity index (χ0v) is 22.3. The standard InChI is InChI=1S/C26H26Cl2N4O4S/c1-37(35,36)32(22-4-2-3-19(13-22)26(34)30-14-24(29)33)23-15-31(16-23)25(17-5-9-20(27)10-6-17)18-7-11-21(28)12-8-18/h2-13,23,25H,14-16H2,1H3,(H2,29,33)(H,30,34). The molecule has 3 N–H and O–H groups in total. The molecule has 1 aliphatic rings. The van der Waals surface area contributed by atoms with E-state index in [0.29, 0.717) is 28.8 Å². The van der Waals surface area contributed by atoms with Gasteiger partial charge in [-0.15, -0.1) is 0 Å². The minimum absolute atomic E-state index is 0.127. The van der Waals surface area contributed by atoms with Crippen LogP contribution in [0.5, 0.6) is 0 Å². The largest absolute Gasteiger partial charge is 0.368 e. The van der Waals surface area contributed by atoms with Crippen LogP contribution < -0.4 is 15.4 Å². The van der Waals surface area contributed by atoms with E-state index in [-0.39, 0.29) is 24.2 Å². The average molecular weight is 561 g/mol. The fourth-order valence-electron chi connectivity index (χ4n) is 4.48. The summed E-state index contributed by atoms with van der Waals surface area (Å²) < 4.78 is 27.1. The minimum Gasteiger partial charge on any atom is -0.368 e. The molecule has 194 valence electrons. The normalized spacial score (nSPS) is 14.3. The second kappa shape index (κ2) is 11.1. The summed E-state index contributed by atoms with van der Waals surface area (Å²) >= 11 is 12.2. The Morgan fingerprint density at radius 3 is 2.03 bits per heavy atom. The average Bonchev–Trinajstić information content (AvgIpc) is 2.82. The van der Waals surface area contributed by atoms with Crippen molar-refractivity contribution >= 4 is 50.7 Å². The summed E-state index contributed by atoms with van der Waals surface area (Å²) in [6.45, 7) is 0.607. The fourth-order valence-corrected chi connectivity index (χ4v) is 5.90. The van der Waals surface area contributed by atoms with Crippen molar-refractivity contribution in [3.8, 4) is 0 Å². The maximum Gasteiger partial charge on any atom is 0.251 e. The Kier molecular flexibility index (Phi) is 8.08. The Bertz CT molecular complexity index is 1350. The molecule has 3 aromatic carbocycles. The number of likely N-dealkylation sites (tertiary alicyclic amines) is 1. The predicted octanol–water partition coefficient (Wildman–Crippen LogP) is 3.45. The van der Waals surface area contributed by atoms with Gasteiger partial charge in [0.05, 0.1) is 30.6 Å². The second-order valence-corrected chi connectivity index (χ2v) is 11.6. The topological polar surface area (TPSA) is 113 Å². The smallest absolute Gasteiger partial charge is 0.251 e. The molecular weight excluding hydrogens is 535 g/mol. The summed E-state index contributed by atoms with van der Waals surface area (Å²) in [6, 6.07) is 21.0. The molecule has 0 radical (unpaired) electrons. The first-order chi connectivity index (χ1) is 17.5. The lowest BCUT2D eigenvalue weighted by Crippen LogP contribution is -2.61. The Labute approximate surface area is 226 Å². The third-order valence-corrected chi connectivity index (χ3v) is 7.83. The highest BCUT2D eigenvalue weighted by molar-refractivity contribution is 7.92. The Morgan fingerprint density at radius 1 is 1.00 bits per heavy atom. The van der Waals surface area contributed by atoms with E-state index in [4.69, 9.17) is 28.9 Å². The zero-order valence-electron chi connectivity index (χ0n) is 20.0. The van der Waals surface area contributed by atoms with E-state index in [2.05, 4.69) is 10.2 Å². The fraction of sp³-hybridized carbons (Fsp3) is 0.231. The van der Waals surface area contributed by atoms with Crippen LogP contribution in [0.2, 0.25) is 10.0 Å². The monoisotopic (exact) mass is 560 g/mol. The number of carbonyl (C=O) groups is 2. The van der Waals surface area contributed by atoms with E-state index in [1.165, 1.54) is 10.4 Å². The van der Waals surface area contributed by atoms with Crippen LogP contribution in [-0.2, 0) is 14.8 Å². The highest BCUT2D eigenvalue weighted by Crippen LogP contribution is 2.36. The lowest BCUT2D eigenvalue weighted by Gasteiger charge is -2.48. The number of rotatable bonds is 9. The summed E-state index contributed by atoms with van der Waals surface area (Å²) in [5.74, 6) is -1.19. The number of sulfonamides is 1. The van der Waals surface area contributed by atoms with Gasteiger partial charge in [0, 0.05) is 28.7 Å². The van der Waals surface area contributed by atoms with Gasteiger partial charge < -0.3 is 11.1 Å². The molecule has 1 saturated heterocycles. The number of nitrogens with zero attached hydrogens (tertiary/aromatic N) is 2. The van der Waals surface area contributed by atoms with Gasteiger partial charge in [-0.05, 0) is 53.6 Å². The number of amides is 2. The van der Waals surface area contributed by atoms with Crippen molar-refractivity contribution in [1.29, 1.82) is 0 Å². The first kappa shape index (κ1) is 26.9. The van der Waals surface area contributed by atoms with Crippen molar-refractivity contribution in [1.82, 2.24) is 10.2 Å². The van der Waals surface area contributed by atoms with Gasteiger partial charge in [-0.1, -0.05) is 53.5 Å². The minimum atomic E-state index is -3.67. The lowest BCUT2D eigenvalue weighted by atomic mass is 9.93. The molecule has 2 amide bonds. The number of nitrogens with one attached hydrogen (secondary N) is 1. The van der Waals surface area contributed by atoms with Gasteiger partial charge in [-0.3, -0.25) is 18.8 Å². The Balaban J connectivity index is 1.59. The Hall–Kier alpha value is -3.11. The summed E-state index contributed by atoms with van der Waals surface area (Å²) in [5, 5.41) is 3.67. The van der Waals surface area contributed by atoms with Crippen molar-refractivity contribution in [2.24, 2.45) is 5.73 Å². The molecule has 1 heterocycles. The third kappa shape index (κ3) is 6.42. The van der Waals surface area contributed by atoms with E-state index in [1.54, 1.807) is 18.2 Å². The first-order valence-corrected chi connectivity index (χ1v) is 14.0.